The first-order valence-corrected chi connectivity index (χ1v) is 9.17. The Morgan fingerprint density at radius 3 is 2.79 bits per heavy atom. The van der Waals surface area contributed by atoms with Crippen molar-refractivity contribution in [3.63, 3.8) is 0 Å². The number of fused-ring (bicyclic) bond motifs is 2. The minimum absolute atomic E-state index is 0.175. The van der Waals surface area contributed by atoms with Gasteiger partial charge in [-0.1, -0.05) is 36.4 Å². The monoisotopic (exact) mass is 375 g/mol. The minimum Gasteiger partial charge on any atom is -0.365 e. The number of H-pyrrole nitrogens is 1. The summed E-state index contributed by atoms with van der Waals surface area (Å²) in [4.78, 5) is 23.7. The van der Waals surface area contributed by atoms with Gasteiger partial charge >= 0.3 is 0 Å². The number of nitrogens with zero attached hydrogens (tertiary/aromatic N) is 4. The fourth-order valence-electron chi connectivity index (χ4n) is 3.85. The molecule has 4 aromatic rings. The topological polar surface area (TPSA) is 66.3 Å². The Bertz CT molecular complexity index is 1250. The third-order valence-electron chi connectivity index (χ3n) is 5.16. The van der Waals surface area contributed by atoms with Gasteiger partial charge in [0.15, 0.2) is 5.82 Å². The highest BCUT2D eigenvalue weighted by atomic mass is 19.1. The zero-order valence-electron chi connectivity index (χ0n) is 15.3. The molecule has 7 heteroatoms. The number of aryl methyl sites for hydroxylation is 1. The van der Waals surface area contributed by atoms with Gasteiger partial charge in [-0.25, -0.2) is 9.37 Å². The van der Waals surface area contributed by atoms with Crippen LogP contribution in [0.3, 0.4) is 0 Å². The van der Waals surface area contributed by atoms with E-state index in [0.29, 0.717) is 36.8 Å². The molecule has 0 atom stereocenters. The zero-order chi connectivity index (χ0) is 19.3. The van der Waals surface area contributed by atoms with Gasteiger partial charge in [-0.3, -0.25) is 9.89 Å². The van der Waals surface area contributed by atoms with E-state index in [1.165, 1.54) is 16.6 Å². The second-order valence-corrected chi connectivity index (χ2v) is 7.02. The van der Waals surface area contributed by atoms with E-state index in [2.05, 4.69) is 20.0 Å². The normalized spacial score (nSPS) is 13.3. The van der Waals surface area contributed by atoms with Crippen molar-refractivity contribution in [1.82, 2.24) is 19.6 Å². The lowest BCUT2D eigenvalue weighted by molar-refractivity contribution is 0.615. The summed E-state index contributed by atoms with van der Waals surface area (Å²) in [5.74, 6) is 0.745. The summed E-state index contributed by atoms with van der Waals surface area (Å²) < 4.78 is 15.5. The molecule has 1 aliphatic rings. The molecule has 3 heterocycles. The molecule has 0 aliphatic carbocycles. The Balaban J connectivity index is 1.52. The highest BCUT2D eigenvalue weighted by molar-refractivity contribution is 5.63. The number of nitrogens with one attached hydrogen (secondary N) is 1. The lowest BCUT2D eigenvalue weighted by Gasteiger charge is -2.20. The maximum Gasteiger partial charge on any atom is 0.274 e. The predicted molar refractivity (Wildman–Crippen MR) is 105 cm³/mol. The van der Waals surface area contributed by atoms with Gasteiger partial charge in [0, 0.05) is 29.4 Å². The van der Waals surface area contributed by atoms with Crippen LogP contribution in [0.1, 0.15) is 16.8 Å². The van der Waals surface area contributed by atoms with E-state index in [9.17, 15) is 9.18 Å². The number of aromatic nitrogens is 4. The van der Waals surface area contributed by atoms with Crippen molar-refractivity contribution < 1.29 is 4.39 Å². The van der Waals surface area contributed by atoms with E-state index in [1.807, 2.05) is 37.3 Å². The molecule has 1 N–H and O–H groups in total. The Kier molecular flexibility index (Phi) is 3.75. The van der Waals surface area contributed by atoms with Crippen molar-refractivity contribution in [2.45, 2.75) is 19.9 Å². The lowest BCUT2D eigenvalue weighted by atomic mass is 10.1. The average molecular weight is 375 g/mol. The van der Waals surface area contributed by atoms with Gasteiger partial charge in [0.2, 0.25) is 0 Å². The van der Waals surface area contributed by atoms with E-state index < -0.39 is 0 Å². The Morgan fingerprint density at radius 1 is 1.14 bits per heavy atom. The number of rotatable bonds is 3. The van der Waals surface area contributed by atoms with E-state index in [1.54, 1.807) is 6.07 Å². The van der Waals surface area contributed by atoms with Gasteiger partial charge in [0.05, 0.1) is 12.2 Å². The highest BCUT2D eigenvalue weighted by Crippen LogP contribution is 2.34. The number of anilines is 1. The molecule has 0 bridgehead atoms. The molecule has 2 aromatic heterocycles. The van der Waals surface area contributed by atoms with Crippen LogP contribution in [0.2, 0.25) is 0 Å². The summed E-state index contributed by atoms with van der Waals surface area (Å²) in [5.41, 5.74) is 3.96. The standard InChI is InChI=1S/C21H18FN5O/c1-13-7-8-17(22)16-9-10-26(19(13)16)12-15-11-18(28)27-21(23-15)24-20(25-27)14-5-3-2-4-6-14/h2-8,11H,9-10,12H2,1H3,(H,23,24,25). The van der Waals surface area contributed by atoms with Crippen molar-refractivity contribution in [2.75, 3.05) is 11.4 Å². The Hall–Kier alpha value is -3.48. The minimum atomic E-state index is -0.218. The molecule has 0 saturated heterocycles. The second-order valence-electron chi connectivity index (χ2n) is 7.02. The number of hydrogen-bond acceptors (Lipinski definition) is 4. The summed E-state index contributed by atoms with van der Waals surface area (Å²) in [6.45, 7) is 3.12. The van der Waals surface area contributed by atoms with Crippen molar-refractivity contribution in [3.8, 4) is 11.4 Å². The first-order valence-electron chi connectivity index (χ1n) is 9.17. The molecule has 0 radical (unpaired) electrons. The van der Waals surface area contributed by atoms with Gasteiger partial charge in [-0.2, -0.15) is 9.50 Å². The van der Waals surface area contributed by atoms with Crippen LogP contribution < -0.4 is 10.5 Å². The SMILES string of the molecule is Cc1ccc(F)c2c1N(Cc1cc(=O)n3[nH]c(-c4ccccc4)nc3n1)CC2. The van der Waals surface area contributed by atoms with E-state index in [-0.39, 0.29) is 11.4 Å². The summed E-state index contributed by atoms with van der Waals surface area (Å²) in [5, 5.41) is 3.00. The highest BCUT2D eigenvalue weighted by Gasteiger charge is 2.25. The summed E-state index contributed by atoms with van der Waals surface area (Å²) in [7, 11) is 0. The molecule has 0 unspecified atom stereocenters. The first-order chi connectivity index (χ1) is 13.6. The van der Waals surface area contributed by atoms with Gasteiger partial charge in [-0.05, 0) is 25.0 Å². The van der Waals surface area contributed by atoms with Crippen molar-refractivity contribution in [1.29, 1.82) is 0 Å². The fraction of sp³-hybridized carbons (Fsp3) is 0.190. The fourth-order valence-corrected chi connectivity index (χ4v) is 3.85. The smallest absolute Gasteiger partial charge is 0.274 e. The summed E-state index contributed by atoms with van der Waals surface area (Å²) in [6.07, 6.45) is 0.657. The second kappa shape index (κ2) is 6.30. The molecule has 0 fully saturated rings. The number of hydrogen-bond donors (Lipinski definition) is 1. The van der Waals surface area contributed by atoms with E-state index in [0.717, 1.165) is 22.4 Å². The third-order valence-corrected chi connectivity index (χ3v) is 5.16. The maximum absolute atomic E-state index is 14.1. The van der Waals surface area contributed by atoms with E-state index in [4.69, 9.17) is 0 Å². The van der Waals surface area contributed by atoms with Crippen LogP contribution in [0, 0.1) is 12.7 Å². The molecule has 1 aliphatic heterocycles. The first kappa shape index (κ1) is 16.7. The van der Waals surface area contributed by atoms with Crippen LogP contribution in [-0.2, 0) is 13.0 Å². The van der Waals surface area contributed by atoms with Crippen molar-refractivity contribution in [3.05, 3.63) is 81.5 Å². The molecule has 6 nitrogen and oxygen atoms in total. The van der Waals surface area contributed by atoms with Gasteiger partial charge in [0.25, 0.3) is 11.3 Å². The molecular formula is C21H18FN5O. The summed E-state index contributed by atoms with van der Waals surface area (Å²) >= 11 is 0. The molecule has 0 amide bonds. The number of aromatic amines is 1. The predicted octanol–water partition coefficient (Wildman–Crippen LogP) is 3.09. The molecule has 28 heavy (non-hydrogen) atoms. The lowest BCUT2D eigenvalue weighted by Crippen LogP contribution is -2.24. The number of benzene rings is 2. The number of halogens is 1. The quantitative estimate of drug-likeness (QED) is 0.598. The van der Waals surface area contributed by atoms with Gasteiger partial charge in [0.1, 0.15) is 5.82 Å². The van der Waals surface area contributed by atoms with Gasteiger partial charge < -0.3 is 4.90 Å². The van der Waals surface area contributed by atoms with Crippen LogP contribution in [0.4, 0.5) is 10.1 Å². The zero-order valence-corrected chi connectivity index (χ0v) is 15.3. The molecule has 140 valence electrons. The Morgan fingerprint density at radius 2 is 1.96 bits per heavy atom. The largest absolute Gasteiger partial charge is 0.365 e. The molecule has 2 aromatic carbocycles. The van der Waals surface area contributed by atoms with Crippen LogP contribution in [-0.4, -0.2) is 26.1 Å². The maximum atomic E-state index is 14.1. The van der Waals surface area contributed by atoms with Crippen LogP contribution >= 0.6 is 0 Å². The molecule has 5 rings (SSSR count). The van der Waals surface area contributed by atoms with E-state index >= 15 is 0 Å². The average Bonchev–Trinajstić information content (AvgIpc) is 3.31. The van der Waals surface area contributed by atoms with Crippen LogP contribution in [0.25, 0.3) is 17.2 Å². The Labute approximate surface area is 160 Å². The molecule has 0 spiro atoms. The van der Waals surface area contributed by atoms with Crippen molar-refractivity contribution >= 4 is 11.5 Å². The third kappa shape index (κ3) is 2.67. The van der Waals surface area contributed by atoms with Crippen LogP contribution in [0.5, 0.6) is 0 Å². The molecular weight excluding hydrogens is 357 g/mol. The molecule has 0 saturated carbocycles. The van der Waals surface area contributed by atoms with Gasteiger partial charge in [-0.15, -0.1) is 0 Å². The van der Waals surface area contributed by atoms with Crippen LogP contribution in [0.15, 0.2) is 53.3 Å². The summed E-state index contributed by atoms with van der Waals surface area (Å²) in [6, 6.07) is 14.4. The van der Waals surface area contributed by atoms with Crippen molar-refractivity contribution in [2.24, 2.45) is 0 Å².